The van der Waals surface area contributed by atoms with Gasteiger partial charge in [-0.1, -0.05) is 28.1 Å². The number of fused-ring (bicyclic) bond motifs is 1. The number of amides is 2. The lowest BCUT2D eigenvalue weighted by atomic mass is 10.1. The van der Waals surface area contributed by atoms with Gasteiger partial charge in [0.2, 0.25) is 0 Å². The third kappa shape index (κ3) is 4.42. The van der Waals surface area contributed by atoms with E-state index in [-0.39, 0.29) is 0 Å². The number of hydrazone groups is 1. The van der Waals surface area contributed by atoms with Crippen LogP contribution >= 0.6 is 27.3 Å². The molecule has 0 atom stereocenters. The van der Waals surface area contributed by atoms with Crippen molar-refractivity contribution < 1.29 is 19.1 Å². The number of hydrogen-bond donors (Lipinski definition) is 2. The van der Waals surface area contributed by atoms with E-state index in [1.165, 1.54) is 24.7 Å². The molecule has 2 N–H and O–H groups in total. The number of carbonyl (C=O) groups excluding carboxylic acids is 3. The Morgan fingerprint density at radius 1 is 1.26 bits per heavy atom. The first kappa shape index (κ1) is 19.2. The highest BCUT2D eigenvalue weighted by atomic mass is 79.9. The molecular weight excluding hydrogens is 434 g/mol. The van der Waals surface area contributed by atoms with Gasteiger partial charge in [-0.3, -0.25) is 9.59 Å². The second kappa shape index (κ2) is 8.45. The lowest BCUT2D eigenvalue weighted by Crippen LogP contribution is -2.32. The normalized spacial score (nSPS) is 12.7. The SMILES string of the molecule is COC(=O)c1c(NC(=O)C(=O)N/N=C/c2cccc(Br)c2)sc2c1CCC2. The summed E-state index contributed by atoms with van der Waals surface area (Å²) in [6.45, 7) is 0. The molecule has 2 aromatic rings. The van der Waals surface area contributed by atoms with Gasteiger partial charge in [-0.2, -0.15) is 5.10 Å². The fraction of sp³-hybridized carbons (Fsp3) is 0.222. The highest BCUT2D eigenvalue weighted by molar-refractivity contribution is 9.10. The van der Waals surface area contributed by atoms with Crippen molar-refractivity contribution in [2.75, 3.05) is 12.4 Å². The number of nitrogens with zero attached hydrogens (tertiary/aromatic N) is 1. The summed E-state index contributed by atoms with van der Waals surface area (Å²) in [5.74, 6) is -2.34. The van der Waals surface area contributed by atoms with Gasteiger partial charge in [-0.05, 0) is 42.5 Å². The van der Waals surface area contributed by atoms with Crippen molar-refractivity contribution in [3.8, 4) is 0 Å². The molecule has 1 aliphatic carbocycles. The first-order valence-electron chi connectivity index (χ1n) is 8.12. The fourth-order valence-electron chi connectivity index (χ4n) is 2.77. The van der Waals surface area contributed by atoms with Gasteiger partial charge in [0.1, 0.15) is 5.00 Å². The molecule has 1 aromatic carbocycles. The number of hydrogen-bond acceptors (Lipinski definition) is 6. The highest BCUT2D eigenvalue weighted by Gasteiger charge is 2.29. The smallest absolute Gasteiger partial charge is 0.341 e. The number of rotatable bonds is 4. The van der Waals surface area contributed by atoms with Crippen LogP contribution < -0.4 is 10.7 Å². The number of esters is 1. The molecule has 0 aliphatic heterocycles. The Kier molecular flexibility index (Phi) is 6.02. The van der Waals surface area contributed by atoms with E-state index in [0.29, 0.717) is 10.6 Å². The molecular formula is C18H16BrN3O4S. The van der Waals surface area contributed by atoms with Crippen LogP contribution in [0.3, 0.4) is 0 Å². The van der Waals surface area contributed by atoms with Gasteiger partial charge in [-0.15, -0.1) is 11.3 Å². The number of anilines is 1. The molecule has 7 nitrogen and oxygen atoms in total. The molecule has 0 fully saturated rings. The Bertz CT molecular complexity index is 939. The summed E-state index contributed by atoms with van der Waals surface area (Å²) < 4.78 is 5.69. The molecule has 27 heavy (non-hydrogen) atoms. The summed E-state index contributed by atoms with van der Waals surface area (Å²) >= 11 is 4.64. The molecule has 1 aliphatic rings. The third-order valence-electron chi connectivity index (χ3n) is 3.97. The van der Waals surface area contributed by atoms with Crippen LogP contribution in [0, 0.1) is 0 Å². The number of ether oxygens (including phenoxy) is 1. The van der Waals surface area contributed by atoms with Crippen LogP contribution in [0.4, 0.5) is 5.00 Å². The average Bonchev–Trinajstić information content (AvgIpc) is 3.21. The number of benzene rings is 1. The van der Waals surface area contributed by atoms with Gasteiger partial charge in [-0.25, -0.2) is 10.2 Å². The fourth-order valence-corrected chi connectivity index (χ4v) is 4.46. The molecule has 0 unspecified atom stereocenters. The molecule has 9 heteroatoms. The van der Waals surface area contributed by atoms with Crippen LogP contribution in [0.15, 0.2) is 33.8 Å². The monoisotopic (exact) mass is 449 g/mol. The van der Waals surface area contributed by atoms with Crippen molar-refractivity contribution in [1.82, 2.24) is 5.43 Å². The van der Waals surface area contributed by atoms with Crippen molar-refractivity contribution in [2.24, 2.45) is 5.10 Å². The van der Waals surface area contributed by atoms with Crippen LogP contribution in [-0.2, 0) is 27.2 Å². The maximum atomic E-state index is 12.1. The van der Waals surface area contributed by atoms with Crippen LogP contribution in [-0.4, -0.2) is 31.1 Å². The number of aryl methyl sites for hydroxylation is 1. The van der Waals surface area contributed by atoms with Crippen LogP contribution in [0.5, 0.6) is 0 Å². The van der Waals surface area contributed by atoms with Crippen molar-refractivity contribution in [2.45, 2.75) is 19.3 Å². The lowest BCUT2D eigenvalue weighted by molar-refractivity contribution is -0.136. The molecule has 0 saturated heterocycles. The van der Waals surface area contributed by atoms with Crippen molar-refractivity contribution in [3.63, 3.8) is 0 Å². The van der Waals surface area contributed by atoms with Gasteiger partial charge < -0.3 is 10.1 Å². The Balaban J connectivity index is 1.67. The summed E-state index contributed by atoms with van der Waals surface area (Å²) in [5, 5.41) is 6.61. The van der Waals surface area contributed by atoms with Gasteiger partial charge in [0, 0.05) is 9.35 Å². The minimum absolute atomic E-state index is 0.336. The zero-order valence-electron chi connectivity index (χ0n) is 14.4. The summed E-state index contributed by atoms with van der Waals surface area (Å²) in [4.78, 5) is 37.2. The second-order valence-electron chi connectivity index (χ2n) is 5.76. The number of nitrogens with one attached hydrogen (secondary N) is 2. The maximum Gasteiger partial charge on any atom is 0.341 e. The largest absolute Gasteiger partial charge is 0.465 e. The molecule has 1 heterocycles. The van der Waals surface area contributed by atoms with E-state index in [2.05, 4.69) is 31.8 Å². The van der Waals surface area contributed by atoms with Crippen molar-refractivity contribution in [3.05, 3.63) is 50.3 Å². The van der Waals surface area contributed by atoms with Crippen LogP contribution in [0.25, 0.3) is 0 Å². The molecule has 140 valence electrons. The average molecular weight is 450 g/mol. The Labute approximate surface area is 167 Å². The van der Waals surface area contributed by atoms with Crippen LogP contribution in [0.1, 0.15) is 32.8 Å². The predicted molar refractivity (Wildman–Crippen MR) is 106 cm³/mol. The van der Waals surface area contributed by atoms with Crippen molar-refractivity contribution >= 4 is 56.3 Å². The predicted octanol–water partition coefficient (Wildman–Crippen LogP) is 2.87. The van der Waals surface area contributed by atoms with Crippen LogP contribution in [0.2, 0.25) is 0 Å². The zero-order chi connectivity index (χ0) is 19.4. The summed E-state index contributed by atoms with van der Waals surface area (Å²) in [5.41, 5.74) is 4.17. The van der Waals surface area contributed by atoms with Gasteiger partial charge >= 0.3 is 17.8 Å². The van der Waals surface area contributed by atoms with E-state index >= 15 is 0 Å². The highest BCUT2D eigenvalue weighted by Crippen LogP contribution is 2.39. The van der Waals surface area contributed by atoms with E-state index in [1.807, 2.05) is 18.2 Å². The minimum atomic E-state index is -0.925. The molecule has 0 bridgehead atoms. The maximum absolute atomic E-state index is 12.1. The third-order valence-corrected chi connectivity index (χ3v) is 5.67. The Hall–Kier alpha value is -2.52. The zero-order valence-corrected chi connectivity index (χ0v) is 16.8. The number of methoxy groups -OCH3 is 1. The topological polar surface area (TPSA) is 96.9 Å². The first-order chi connectivity index (χ1) is 13.0. The molecule has 3 rings (SSSR count). The number of thiophene rings is 1. The molecule has 0 spiro atoms. The summed E-state index contributed by atoms with van der Waals surface area (Å²) in [6, 6.07) is 7.30. The van der Waals surface area contributed by atoms with E-state index in [9.17, 15) is 14.4 Å². The van der Waals surface area contributed by atoms with E-state index in [1.54, 1.807) is 6.07 Å². The molecule has 0 saturated carbocycles. The van der Waals surface area contributed by atoms with E-state index < -0.39 is 17.8 Å². The number of halogens is 1. The Morgan fingerprint density at radius 3 is 2.81 bits per heavy atom. The quantitative estimate of drug-likeness (QED) is 0.324. The lowest BCUT2D eigenvalue weighted by Gasteiger charge is -2.06. The molecule has 0 radical (unpaired) electrons. The van der Waals surface area contributed by atoms with E-state index in [0.717, 1.165) is 39.7 Å². The molecule has 2 amide bonds. The standard InChI is InChI=1S/C18H16BrN3O4S/c1-26-18(25)14-12-6-3-7-13(12)27-17(14)21-15(23)16(24)22-20-9-10-4-2-5-11(19)8-10/h2,4-5,8-9H,3,6-7H2,1H3,(H,21,23)(H,22,24)/b20-9+. The Morgan fingerprint density at radius 2 is 2.07 bits per heavy atom. The van der Waals surface area contributed by atoms with Gasteiger partial charge in [0.25, 0.3) is 0 Å². The minimum Gasteiger partial charge on any atom is -0.465 e. The summed E-state index contributed by atoms with van der Waals surface area (Å²) in [6.07, 6.45) is 4.00. The van der Waals surface area contributed by atoms with Gasteiger partial charge in [0.05, 0.1) is 18.9 Å². The van der Waals surface area contributed by atoms with Gasteiger partial charge in [0.15, 0.2) is 0 Å². The van der Waals surface area contributed by atoms with E-state index in [4.69, 9.17) is 4.74 Å². The molecule has 1 aromatic heterocycles. The second-order valence-corrected chi connectivity index (χ2v) is 7.78. The summed E-state index contributed by atoms with van der Waals surface area (Å²) in [7, 11) is 1.29. The first-order valence-corrected chi connectivity index (χ1v) is 9.73. The number of carbonyl (C=O) groups is 3. The van der Waals surface area contributed by atoms with Crippen molar-refractivity contribution in [1.29, 1.82) is 0 Å².